The van der Waals surface area contributed by atoms with Gasteiger partial charge in [-0.05, 0) is 19.4 Å². The number of carbonyl (C=O) groups excluding carboxylic acids is 1. The number of carbonyl (C=O) groups is 1. The van der Waals surface area contributed by atoms with Crippen molar-refractivity contribution in [2.24, 2.45) is 11.7 Å². The summed E-state index contributed by atoms with van der Waals surface area (Å²) in [7, 11) is 0. The summed E-state index contributed by atoms with van der Waals surface area (Å²) in [5.41, 5.74) is 2.08. The second kappa shape index (κ2) is 4.16. The summed E-state index contributed by atoms with van der Waals surface area (Å²) >= 11 is 0. The van der Waals surface area contributed by atoms with Gasteiger partial charge in [-0.1, -0.05) is 13.8 Å². The highest BCUT2D eigenvalue weighted by Gasteiger charge is 2.55. The number of hydrogen-bond donors (Lipinski definition) is 2. The molecule has 0 aliphatic carbocycles. The third-order valence-corrected chi connectivity index (χ3v) is 1.92. The maximum atomic E-state index is 12.4. The fourth-order valence-corrected chi connectivity index (χ4v) is 0.735. The van der Waals surface area contributed by atoms with Gasteiger partial charge in [-0.3, -0.25) is 10.1 Å². The van der Waals surface area contributed by atoms with Crippen LogP contribution in [-0.2, 0) is 4.79 Å². The summed E-state index contributed by atoms with van der Waals surface area (Å²) < 4.78 is 37.3. The number of amides is 1. The quantitative estimate of drug-likeness (QED) is 0.731. The Bertz CT molecular complexity index is 215. The molecule has 1 amide bonds. The molecule has 0 rings (SSSR count). The maximum Gasteiger partial charge on any atom is 0.415 e. The molecule has 0 spiro atoms. The lowest BCUT2D eigenvalue weighted by atomic mass is 10.00. The van der Waals surface area contributed by atoms with E-state index in [1.54, 1.807) is 13.8 Å². The summed E-state index contributed by atoms with van der Waals surface area (Å²) in [6.07, 6.45) is -4.67. The number of alkyl halides is 3. The van der Waals surface area contributed by atoms with E-state index in [2.05, 4.69) is 5.32 Å². The molecule has 84 valence electrons. The van der Waals surface area contributed by atoms with E-state index >= 15 is 0 Å². The molecule has 0 aromatic heterocycles. The van der Waals surface area contributed by atoms with Crippen molar-refractivity contribution >= 4 is 5.91 Å². The Labute approximate surface area is 80.8 Å². The molecule has 6 heteroatoms. The van der Waals surface area contributed by atoms with Crippen molar-refractivity contribution < 1.29 is 18.0 Å². The molecule has 0 bridgehead atoms. The van der Waals surface area contributed by atoms with Gasteiger partial charge in [-0.15, -0.1) is 0 Å². The molecule has 3 N–H and O–H groups in total. The largest absolute Gasteiger partial charge is 0.415 e. The average molecular weight is 212 g/mol. The fourth-order valence-electron chi connectivity index (χ4n) is 0.735. The van der Waals surface area contributed by atoms with Crippen molar-refractivity contribution in [2.75, 3.05) is 6.54 Å². The van der Waals surface area contributed by atoms with Crippen LogP contribution in [0.15, 0.2) is 0 Å². The van der Waals surface area contributed by atoms with Gasteiger partial charge in [-0.25, -0.2) is 0 Å². The Morgan fingerprint density at radius 1 is 1.43 bits per heavy atom. The van der Waals surface area contributed by atoms with Crippen LogP contribution in [0.25, 0.3) is 0 Å². The van der Waals surface area contributed by atoms with Crippen LogP contribution in [0.4, 0.5) is 13.2 Å². The Kier molecular flexibility index (Phi) is 3.93. The standard InChI is InChI=1S/C8H15F3N2O/c1-5(2)4-13-7(3,6(12)14)8(9,10)11/h5,13H,4H2,1-3H3,(H2,12,14). The van der Waals surface area contributed by atoms with Crippen molar-refractivity contribution in [3.05, 3.63) is 0 Å². The molecule has 0 radical (unpaired) electrons. The molecule has 0 aliphatic heterocycles. The number of hydrogen-bond acceptors (Lipinski definition) is 2. The number of nitrogens with two attached hydrogens (primary N) is 1. The molecule has 1 atom stereocenters. The van der Waals surface area contributed by atoms with Crippen LogP contribution in [0, 0.1) is 5.92 Å². The molecule has 3 nitrogen and oxygen atoms in total. The van der Waals surface area contributed by atoms with Crippen LogP contribution in [-0.4, -0.2) is 24.2 Å². The van der Waals surface area contributed by atoms with E-state index in [9.17, 15) is 18.0 Å². The molecule has 14 heavy (non-hydrogen) atoms. The monoisotopic (exact) mass is 212 g/mol. The Balaban J connectivity index is 4.67. The van der Waals surface area contributed by atoms with Gasteiger partial charge >= 0.3 is 6.18 Å². The van der Waals surface area contributed by atoms with Crippen molar-refractivity contribution in [2.45, 2.75) is 32.5 Å². The third-order valence-electron chi connectivity index (χ3n) is 1.92. The van der Waals surface area contributed by atoms with Crippen LogP contribution in [0.1, 0.15) is 20.8 Å². The summed E-state index contributed by atoms with van der Waals surface area (Å²) in [4.78, 5) is 10.7. The lowest BCUT2D eigenvalue weighted by Crippen LogP contribution is -2.63. The van der Waals surface area contributed by atoms with E-state index in [0.717, 1.165) is 6.92 Å². The van der Waals surface area contributed by atoms with Crippen molar-refractivity contribution in [1.29, 1.82) is 0 Å². The van der Waals surface area contributed by atoms with Gasteiger partial charge in [0.1, 0.15) is 0 Å². The summed E-state index contributed by atoms with van der Waals surface area (Å²) in [5.74, 6) is -1.40. The highest BCUT2D eigenvalue weighted by Crippen LogP contribution is 2.29. The predicted molar refractivity (Wildman–Crippen MR) is 46.5 cm³/mol. The van der Waals surface area contributed by atoms with E-state index in [0.29, 0.717) is 0 Å². The van der Waals surface area contributed by atoms with Crippen LogP contribution in [0.3, 0.4) is 0 Å². The minimum atomic E-state index is -4.67. The van der Waals surface area contributed by atoms with Gasteiger partial charge in [0.05, 0.1) is 0 Å². The molecule has 0 heterocycles. The second-order valence-electron chi connectivity index (χ2n) is 3.76. The minimum absolute atomic E-state index is 0.0102. The predicted octanol–water partition coefficient (Wildman–Crippen LogP) is 1.04. The SMILES string of the molecule is CC(C)CNC(C)(C(N)=O)C(F)(F)F. The second-order valence-corrected chi connectivity index (χ2v) is 3.76. The molecule has 0 aromatic rings. The highest BCUT2D eigenvalue weighted by molar-refractivity contribution is 5.85. The topological polar surface area (TPSA) is 55.1 Å². The van der Waals surface area contributed by atoms with E-state index in [1.165, 1.54) is 0 Å². The van der Waals surface area contributed by atoms with Gasteiger partial charge in [0.15, 0.2) is 5.54 Å². The third kappa shape index (κ3) is 2.87. The Morgan fingerprint density at radius 3 is 2.07 bits per heavy atom. The number of primary amides is 1. The van der Waals surface area contributed by atoms with Gasteiger partial charge in [0, 0.05) is 0 Å². The molecular formula is C8H15F3N2O. The first-order valence-corrected chi connectivity index (χ1v) is 4.23. The van der Waals surface area contributed by atoms with E-state index < -0.39 is 17.6 Å². The molecule has 0 fully saturated rings. The van der Waals surface area contributed by atoms with Crippen LogP contribution in [0.5, 0.6) is 0 Å². The number of rotatable bonds is 4. The van der Waals surface area contributed by atoms with E-state index in [1.807, 2.05) is 0 Å². The van der Waals surface area contributed by atoms with E-state index in [-0.39, 0.29) is 12.5 Å². The summed E-state index contributed by atoms with van der Waals surface area (Å²) in [5, 5.41) is 2.14. The normalized spacial score (nSPS) is 16.8. The van der Waals surface area contributed by atoms with Crippen LogP contribution >= 0.6 is 0 Å². The molecule has 0 aromatic carbocycles. The summed E-state index contributed by atoms with van der Waals surface area (Å²) in [6.45, 7) is 4.31. The van der Waals surface area contributed by atoms with Gasteiger partial charge in [0.25, 0.3) is 0 Å². The minimum Gasteiger partial charge on any atom is -0.368 e. The first kappa shape index (κ1) is 13.2. The van der Waals surface area contributed by atoms with Gasteiger partial charge < -0.3 is 5.73 Å². The zero-order chi connectivity index (χ0) is 11.6. The molecule has 0 saturated carbocycles. The Morgan fingerprint density at radius 2 is 1.86 bits per heavy atom. The average Bonchev–Trinajstić information content (AvgIpc) is 1.97. The van der Waals surface area contributed by atoms with E-state index in [4.69, 9.17) is 5.73 Å². The fraction of sp³-hybridized carbons (Fsp3) is 0.875. The molecule has 1 unspecified atom stereocenters. The van der Waals surface area contributed by atoms with Crippen LogP contribution in [0.2, 0.25) is 0 Å². The van der Waals surface area contributed by atoms with Crippen LogP contribution < -0.4 is 11.1 Å². The number of halogens is 3. The lowest BCUT2D eigenvalue weighted by Gasteiger charge is -2.30. The van der Waals surface area contributed by atoms with Crippen molar-refractivity contribution in [3.8, 4) is 0 Å². The first-order valence-electron chi connectivity index (χ1n) is 4.23. The smallest absolute Gasteiger partial charge is 0.368 e. The maximum absolute atomic E-state index is 12.4. The van der Waals surface area contributed by atoms with Gasteiger partial charge in [0.2, 0.25) is 5.91 Å². The molecular weight excluding hydrogens is 197 g/mol. The zero-order valence-corrected chi connectivity index (χ0v) is 8.40. The van der Waals surface area contributed by atoms with Crippen molar-refractivity contribution in [1.82, 2.24) is 5.32 Å². The highest BCUT2D eigenvalue weighted by atomic mass is 19.4. The number of nitrogens with one attached hydrogen (secondary N) is 1. The lowest BCUT2D eigenvalue weighted by molar-refractivity contribution is -0.194. The summed E-state index contributed by atoms with van der Waals surface area (Å²) in [6, 6.07) is 0. The van der Waals surface area contributed by atoms with Crippen molar-refractivity contribution in [3.63, 3.8) is 0 Å². The zero-order valence-electron chi connectivity index (χ0n) is 8.40. The van der Waals surface area contributed by atoms with Gasteiger partial charge in [-0.2, -0.15) is 13.2 Å². The Hall–Kier alpha value is -0.780. The first-order chi connectivity index (χ1) is 6.11. The molecule has 0 aliphatic rings. The molecule has 0 saturated heterocycles.